The van der Waals surface area contributed by atoms with Gasteiger partial charge in [-0.3, -0.25) is 24.0 Å². The summed E-state index contributed by atoms with van der Waals surface area (Å²) in [6, 6.07) is 0. The lowest BCUT2D eigenvalue weighted by molar-refractivity contribution is -0.187. The van der Waals surface area contributed by atoms with E-state index < -0.39 is 58.8 Å². The van der Waals surface area contributed by atoms with Crippen LogP contribution < -0.4 is 0 Å². The van der Waals surface area contributed by atoms with Crippen LogP contribution in [0, 0.1) is 34.5 Å². The zero-order chi connectivity index (χ0) is 33.7. The molecule has 0 aliphatic heterocycles. The van der Waals surface area contributed by atoms with Crippen LogP contribution in [0.4, 0.5) is 0 Å². The summed E-state index contributed by atoms with van der Waals surface area (Å²) >= 11 is 0. The number of esters is 4. The summed E-state index contributed by atoms with van der Waals surface area (Å²) in [6.45, 7) is 15.0. The number of hydrogen-bond acceptors (Lipinski definition) is 10. The summed E-state index contributed by atoms with van der Waals surface area (Å²) in [6.07, 6.45) is 4.19. The lowest BCUT2D eigenvalue weighted by Crippen LogP contribution is -2.58. The van der Waals surface area contributed by atoms with Crippen molar-refractivity contribution in [3.05, 3.63) is 11.6 Å². The zero-order valence-corrected chi connectivity index (χ0v) is 28.4. The average Bonchev–Trinajstić information content (AvgIpc) is 3.24. The van der Waals surface area contributed by atoms with Gasteiger partial charge >= 0.3 is 23.9 Å². The molecule has 0 radical (unpaired) electrons. The maximum atomic E-state index is 13.8. The lowest BCUT2D eigenvalue weighted by atomic mass is 9.47. The van der Waals surface area contributed by atoms with Gasteiger partial charge in [-0.25, -0.2) is 0 Å². The number of carbonyl (C=O) groups is 5. The van der Waals surface area contributed by atoms with Gasteiger partial charge in [0.1, 0.15) is 29.5 Å². The average molecular weight is 633 g/mol. The van der Waals surface area contributed by atoms with Gasteiger partial charge in [-0.15, -0.1) is 0 Å². The Morgan fingerprint density at radius 2 is 1.47 bits per heavy atom. The van der Waals surface area contributed by atoms with Crippen LogP contribution in [0.5, 0.6) is 0 Å². The third-order valence-electron chi connectivity index (χ3n) is 11.6. The molecule has 0 amide bonds. The van der Waals surface area contributed by atoms with Gasteiger partial charge in [0.25, 0.3) is 0 Å². The fraction of sp³-hybridized carbons (Fsp3) is 0.800. The SMILES string of the molecule is CC(=O)O[C@H]1C[C@@]2(C)[C@@H](C[C@H]1OC(C)=O)C(=O)C=C1[C@@H]2CC[C@]2(C)[C@@H]([C@@](C)(O)[C@@H](CCC(C)(C)OC(C)=O)OC(C)=O)CC[C@@H]12. The Balaban J connectivity index is 1.62. The highest BCUT2D eigenvalue weighted by atomic mass is 16.6. The van der Waals surface area contributed by atoms with E-state index in [1.54, 1.807) is 20.8 Å². The van der Waals surface area contributed by atoms with Gasteiger partial charge < -0.3 is 24.1 Å². The fourth-order valence-electron chi connectivity index (χ4n) is 9.80. The number of hydrogen-bond donors (Lipinski definition) is 1. The van der Waals surface area contributed by atoms with E-state index in [1.165, 1.54) is 27.7 Å². The second kappa shape index (κ2) is 12.5. The number of rotatable bonds is 9. The van der Waals surface area contributed by atoms with E-state index in [9.17, 15) is 29.1 Å². The summed E-state index contributed by atoms with van der Waals surface area (Å²) < 4.78 is 22.5. The molecular weight excluding hydrogens is 580 g/mol. The van der Waals surface area contributed by atoms with Crippen molar-refractivity contribution in [2.24, 2.45) is 34.5 Å². The standard InChI is InChI=1S/C35H52O10/c1-19(36)42-28-17-26-27(40)16-23-24-10-11-30(33(24,7)15-12-25(23)34(26,8)18-29(28)43-20(2)37)35(9,41)31(44-21(3)38)13-14-32(5,6)45-22(4)39/h16,24-26,28-31,41H,10-15,17-18H2,1-9H3/t24-,25-,26-,28+,29-,30-,31+,33-,34+,35+/m0/s1. The van der Waals surface area contributed by atoms with E-state index in [1.807, 2.05) is 6.08 Å². The Morgan fingerprint density at radius 3 is 2.04 bits per heavy atom. The molecule has 4 aliphatic carbocycles. The summed E-state index contributed by atoms with van der Waals surface area (Å²) in [5, 5.41) is 12.3. The summed E-state index contributed by atoms with van der Waals surface area (Å²) in [5.74, 6) is -2.26. The third kappa shape index (κ3) is 6.86. The number of allylic oxidation sites excluding steroid dienone is 2. The Hall–Kier alpha value is -2.75. The zero-order valence-electron chi connectivity index (χ0n) is 28.4. The maximum absolute atomic E-state index is 13.8. The van der Waals surface area contributed by atoms with Crippen LogP contribution in [0.25, 0.3) is 0 Å². The molecule has 45 heavy (non-hydrogen) atoms. The highest BCUT2D eigenvalue weighted by Crippen LogP contribution is 2.67. The molecule has 0 aromatic rings. The molecule has 0 bridgehead atoms. The summed E-state index contributed by atoms with van der Waals surface area (Å²) in [7, 11) is 0. The molecular formula is C35H52O10. The first kappa shape index (κ1) is 35.1. The molecule has 10 nitrogen and oxygen atoms in total. The molecule has 3 saturated carbocycles. The topological polar surface area (TPSA) is 143 Å². The Kier molecular flexibility index (Phi) is 9.72. The van der Waals surface area contributed by atoms with E-state index in [2.05, 4.69) is 13.8 Å². The number of aliphatic hydroxyl groups is 1. The third-order valence-corrected chi connectivity index (χ3v) is 11.6. The molecule has 252 valence electrons. The van der Waals surface area contributed by atoms with Crippen LogP contribution in [-0.2, 0) is 42.9 Å². The number of ketones is 1. The quantitative estimate of drug-likeness (QED) is 0.272. The van der Waals surface area contributed by atoms with Crippen LogP contribution in [0.1, 0.15) is 114 Å². The van der Waals surface area contributed by atoms with Gasteiger partial charge in [-0.1, -0.05) is 19.4 Å². The van der Waals surface area contributed by atoms with E-state index in [0.29, 0.717) is 32.1 Å². The van der Waals surface area contributed by atoms with Crippen LogP contribution in [0.3, 0.4) is 0 Å². The van der Waals surface area contributed by atoms with Crippen LogP contribution in [0.15, 0.2) is 11.6 Å². The van der Waals surface area contributed by atoms with Gasteiger partial charge in [0.2, 0.25) is 0 Å². The molecule has 10 atom stereocenters. The molecule has 4 rings (SSSR count). The highest BCUT2D eigenvalue weighted by molar-refractivity contribution is 5.94. The minimum absolute atomic E-state index is 0.00660. The molecule has 0 aromatic heterocycles. The molecule has 0 spiro atoms. The number of carbonyl (C=O) groups excluding carboxylic acids is 5. The van der Waals surface area contributed by atoms with Gasteiger partial charge in [-0.05, 0) is 107 Å². The first-order valence-corrected chi connectivity index (χ1v) is 16.4. The first-order valence-electron chi connectivity index (χ1n) is 16.4. The summed E-state index contributed by atoms with van der Waals surface area (Å²) in [5.41, 5.74) is -1.91. The van der Waals surface area contributed by atoms with Gasteiger partial charge in [0, 0.05) is 33.6 Å². The minimum Gasteiger partial charge on any atom is -0.460 e. The largest absolute Gasteiger partial charge is 0.460 e. The van der Waals surface area contributed by atoms with Crippen molar-refractivity contribution < 1.29 is 48.0 Å². The predicted octanol–water partition coefficient (Wildman–Crippen LogP) is 5.02. The van der Waals surface area contributed by atoms with E-state index in [4.69, 9.17) is 18.9 Å². The van der Waals surface area contributed by atoms with Crippen molar-refractivity contribution in [2.75, 3.05) is 0 Å². The molecule has 1 N–H and O–H groups in total. The second-order valence-electron chi connectivity index (χ2n) is 15.3. The van der Waals surface area contributed by atoms with Crippen molar-refractivity contribution in [1.82, 2.24) is 0 Å². The summed E-state index contributed by atoms with van der Waals surface area (Å²) in [4.78, 5) is 61.6. The van der Waals surface area contributed by atoms with Crippen molar-refractivity contribution in [3.8, 4) is 0 Å². The maximum Gasteiger partial charge on any atom is 0.303 e. The molecule has 0 unspecified atom stereocenters. The van der Waals surface area contributed by atoms with Gasteiger partial charge in [0.15, 0.2) is 5.78 Å². The van der Waals surface area contributed by atoms with Gasteiger partial charge in [-0.2, -0.15) is 0 Å². The van der Waals surface area contributed by atoms with E-state index in [0.717, 1.165) is 24.8 Å². The first-order chi connectivity index (χ1) is 20.7. The molecule has 0 saturated heterocycles. The Labute approximate surface area is 266 Å². The van der Waals surface area contributed by atoms with Crippen molar-refractivity contribution >= 4 is 29.7 Å². The van der Waals surface area contributed by atoms with Crippen LogP contribution in [0.2, 0.25) is 0 Å². The monoisotopic (exact) mass is 632 g/mol. The molecule has 3 fully saturated rings. The van der Waals surface area contributed by atoms with Crippen LogP contribution in [-0.4, -0.2) is 64.3 Å². The fourth-order valence-corrected chi connectivity index (χ4v) is 9.80. The van der Waals surface area contributed by atoms with Crippen molar-refractivity contribution in [3.63, 3.8) is 0 Å². The van der Waals surface area contributed by atoms with E-state index in [-0.39, 0.29) is 34.9 Å². The second-order valence-corrected chi connectivity index (χ2v) is 15.3. The van der Waals surface area contributed by atoms with Gasteiger partial charge in [0.05, 0.1) is 0 Å². The Bertz CT molecular complexity index is 1250. The van der Waals surface area contributed by atoms with Crippen LogP contribution >= 0.6 is 0 Å². The Morgan fingerprint density at radius 1 is 0.867 bits per heavy atom. The minimum atomic E-state index is -1.37. The van der Waals surface area contributed by atoms with Crippen molar-refractivity contribution in [2.45, 2.75) is 143 Å². The molecule has 10 heteroatoms. The highest BCUT2D eigenvalue weighted by Gasteiger charge is 2.64. The molecule has 0 heterocycles. The smallest absolute Gasteiger partial charge is 0.303 e. The normalized spacial score (nSPS) is 36.2. The number of fused-ring (bicyclic) bond motifs is 5. The lowest BCUT2D eigenvalue weighted by Gasteiger charge is -2.58. The predicted molar refractivity (Wildman–Crippen MR) is 163 cm³/mol. The molecule has 4 aliphatic rings. The van der Waals surface area contributed by atoms with E-state index >= 15 is 0 Å². The molecule has 0 aromatic carbocycles. The van der Waals surface area contributed by atoms with Crippen molar-refractivity contribution in [1.29, 1.82) is 0 Å². The number of ether oxygens (including phenoxy) is 4.